The molecule has 0 heterocycles. The molecule has 5 heteroatoms. The van der Waals surface area contributed by atoms with Crippen LogP contribution in [0, 0.1) is 0 Å². The Morgan fingerprint density at radius 2 is 2.00 bits per heavy atom. The molecule has 0 aliphatic heterocycles. The monoisotopic (exact) mass is 342 g/mol. The Morgan fingerprint density at radius 1 is 1.25 bits per heavy atom. The van der Waals surface area contributed by atoms with E-state index < -0.39 is 12.1 Å². The molecule has 1 unspecified atom stereocenters. The van der Waals surface area contributed by atoms with Gasteiger partial charge in [0.1, 0.15) is 5.75 Å². The maximum Gasteiger partial charge on any atom is 1.00 e. The average molecular weight is 342 g/mol. The van der Waals surface area contributed by atoms with Gasteiger partial charge < -0.3 is 19.7 Å². The van der Waals surface area contributed by atoms with E-state index >= 15 is 0 Å². The van der Waals surface area contributed by atoms with E-state index in [1.165, 1.54) is 0 Å². The Balaban J connectivity index is 0.00000529. The van der Waals surface area contributed by atoms with E-state index in [9.17, 15) is 15.0 Å². The van der Waals surface area contributed by atoms with Gasteiger partial charge in [-0.3, -0.25) is 0 Å². The number of aliphatic carboxylic acids is 1. The molecule has 0 saturated heterocycles. The molecule has 4 nitrogen and oxygen atoms in total. The Morgan fingerprint density at radius 3 is 2.71 bits per heavy atom. The van der Waals surface area contributed by atoms with Crippen LogP contribution in [0.25, 0.3) is 0 Å². The molecule has 0 saturated carbocycles. The molecular weight excluding hydrogens is 315 g/mol. The van der Waals surface area contributed by atoms with Gasteiger partial charge >= 0.3 is 29.6 Å². The van der Waals surface area contributed by atoms with Crippen LogP contribution in [-0.4, -0.2) is 17.7 Å². The largest absolute Gasteiger partial charge is 1.00 e. The minimum Gasteiger partial charge on any atom is -0.550 e. The number of carboxylic acid groups (broad SMARTS) is 1. The molecule has 0 amide bonds. The number of carboxylic acids is 1. The van der Waals surface area contributed by atoms with Gasteiger partial charge in [-0.1, -0.05) is 50.1 Å². The second-order valence-electron chi connectivity index (χ2n) is 5.58. The third-order valence-corrected chi connectivity index (χ3v) is 3.56. The number of para-hydroxylation sites is 1. The first-order chi connectivity index (χ1) is 11.1. The van der Waals surface area contributed by atoms with E-state index in [-0.39, 0.29) is 36.0 Å². The van der Waals surface area contributed by atoms with Crippen molar-refractivity contribution in [2.24, 2.45) is 0 Å². The van der Waals surface area contributed by atoms with Gasteiger partial charge in [-0.05, 0) is 38.2 Å². The molecule has 1 atom stereocenters. The predicted molar refractivity (Wildman–Crippen MR) is 89.0 cm³/mol. The van der Waals surface area contributed by atoms with E-state index in [1.807, 2.05) is 36.4 Å². The number of aliphatic hydroxyl groups excluding tert-OH is 1. The zero-order valence-corrected chi connectivity index (χ0v) is 16.9. The van der Waals surface area contributed by atoms with Crippen LogP contribution in [-0.2, 0) is 4.79 Å². The smallest absolute Gasteiger partial charge is 0.550 e. The van der Waals surface area contributed by atoms with Crippen molar-refractivity contribution in [1.82, 2.24) is 0 Å². The number of benzene rings is 1. The summed E-state index contributed by atoms with van der Waals surface area (Å²) < 4.78 is 5.78. The Hall–Kier alpha value is -0.810. The van der Waals surface area contributed by atoms with Crippen LogP contribution in [0.2, 0.25) is 0 Å². The van der Waals surface area contributed by atoms with Crippen LogP contribution in [0.15, 0.2) is 36.4 Å². The Kier molecular flexibility index (Phi) is 14.0. The number of hydrogen-bond acceptors (Lipinski definition) is 4. The standard InChI is InChI=1S/C19H28O4.Na/c1-2-3-10-15-23-18-13-9-8-11-16(18)17(20)12-6-4-5-7-14-19(21)22;/h4,6,8-9,11,13,17,20H,2-3,5,7,10,12,14-15H2,1H3,(H,21,22);/q;+1/p-1/b6-4+;. The number of aliphatic hydroxyl groups is 1. The van der Waals surface area contributed by atoms with E-state index in [0.29, 0.717) is 25.9 Å². The molecule has 0 aliphatic rings. The van der Waals surface area contributed by atoms with Crippen molar-refractivity contribution in [2.75, 3.05) is 6.61 Å². The molecule has 128 valence electrons. The molecule has 1 aromatic carbocycles. The third kappa shape index (κ3) is 10.1. The van der Waals surface area contributed by atoms with Crippen LogP contribution in [0.3, 0.4) is 0 Å². The average Bonchev–Trinajstić information content (AvgIpc) is 2.54. The fourth-order valence-electron chi connectivity index (χ4n) is 2.26. The van der Waals surface area contributed by atoms with E-state index in [4.69, 9.17) is 4.74 Å². The molecule has 0 radical (unpaired) electrons. The fraction of sp³-hybridized carbons (Fsp3) is 0.526. The summed E-state index contributed by atoms with van der Waals surface area (Å²) in [5.41, 5.74) is 0.795. The SMILES string of the molecule is CCCCCOc1ccccc1C(O)C/C=C/CCCC(=O)[O-].[Na+]. The van der Waals surface area contributed by atoms with Crippen molar-refractivity contribution in [3.8, 4) is 5.75 Å². The fourth-order valence-corrected chi connectivity index (χ4v) is 2.26. The number of rotatable bonds is 12. The molecule has 0 bridgehead atoms. The topological polar surface area (TPSA) is 69.6 Å². The minimum atomic E-state index is -1.02. The zero-order valence-electron chi connectivity index (χ0n) is 14.9. The summed E-state index contributed by atoms with van der Waals surface area (Å²) in [5, 5.41) is 20.6. The van der Waals surface area contributed by atoms with Crippen molar-refractivity contribution in [2.45, 2.75) is 58.0 Å². The molecule has 1 rings (SSSR count). The normalized spacial score (nSPS) is 11.9. The van der Waals surface area contributed by atoms with Crippen molar-refractivity contribution < 1.29 is 49.3 Å². The second kappa shape index (κ2) is 14.5. The van der Waals surface area contributed by atoms with E-state index in [2.05, 4.69) is 6.92 Å². The zero-order chi connectivity index (χ0) is 16.9. The van der Waals surface area contributed by atoms with Crippen LogP contribution >= 0.6 is 0 Å². The molecule has 0 spiro atoms. The second-order valence-corrected chi connectivity index (χ2v) is 5.58. The van der Waals surface area contributed by atoms with Crippen molar-refractivity contribution in [1.29, 1.82) is 0 Å². The van der Waals surface area contributed by atoms with Crippen LogP contribution in [0.5, 0.6) is 5.75 Å². The molecule has 1 aromatic rings. The number of unbranched alkanes of at least 4 members (excludes halogenated alkanes) is 3. The van der Waals surface area contributed by atoms with Gasteiger partial charge in [-0.25, -0.2) is 0 Å². The predicted octanol–water partition coefficient (Wildman–Crippen LogP) is 0.160. The molecule has 0 fully saturated rings. The van der Waals surface area contributed by atoms with Gasteiger partial charge in [0.05, 0.1) is 12.7 Å². The quantitative estimate of drug-likeness (QED) is 0.334. The number of hydrogen-bond donors (Lipinski definition) is 1. The van der Waals surface area contributed by atoms with Crippen LogP contribution in [0.1, 0.15) is 63.5 Å². The molecule has 1 N–H and O–H groups in total. The van der Waals surface area contributed by atoms with Gasteiger partial charge in [-0.15, -0.1) is 0 Å². The van der Waals surface area contributed by atoms with E-state index in [0.717, 1.165) is 30.6 Å². The van der Waals surface area contributed by atoms with Gasteiger partial charge in [0.2, 0.25) is 0 Å². The summed E-state index contributed by atoms with van der Waals surface area (Å²) in [5.74, 6) is -0.283. The Bertz CT molecular complexity index is 488. The summed E-state index contributed by atoms with van der Waals surface area (Å²) in [7, 11) is 0. The summed E-state index contributed by atoms with van der Waals surface area (Å²) in [6.45, 7) is 2.81. The first kappa shape index (κ1) is 23.2. The number of allylic oxidation sites excluding steroid dienone is 1. The minimum absolute atomic E-state index is 0. The number of carbonyl (C=O) groups is 1. The molecule has 0 aromatic heterocycles. The summed E-state index contributed by atoms with van der Waals surface area (Å²) >= 11 is 0. The van der Waals surface area contributed by atoms with Crippen molar-refractivity contribution in [3.05, 3.63) is 42.0 Å². The summed E-state index contributed by atoms with van der Waals surface area (Å²) in [6.07, 6.45) is 8.26. The summed E-state index contributed by atoms with van der Waals surface area (Å²) in [4.78, 5) is 10.3. The van der Waals surface area contributed by atoms with Crippen LogP contribution < -0.4 is 39.4 Å². The van der Waals surface area contributed by atoms with Gasteiger partial charge in [-0.2, -0.15) is 0 Å². The van der Waals surface area contributed by atoms with Crippen molar-refractivity contribution in [3.63, 3.8) is 0 Å². The van der Waals surface area contributed by atoms with E-state index in [1.54, 1.807) is 0 Å². The van der Waals surface area contributed by atoms with Crippen molar-refractivity contribution >= 4 is 5.97 Å². The summed E-state index contributed by atoms with van der Waals surface area (Å²) in [6, 6.07) is 7.56. The van der Waals surface area contributed by atoms with Gasteiger partial charge in [0.15, 0.2) is 0 Å². The maximum atomic E-state index is 10.3. The van der Waals surface area contributed by atoms with Gasteiger partial charge in [0.25, 0.3) is 0 Å². The number of carbonyl (C=O) groups excluding carboxylic acids is 1. The molecule has 24 heavy (non-hydrogen) atoms. The Labute approximate surface area is 167 Å². The van der Waals surface area contributed by atoms with Crippen LogP contribution in [0.4, 0.5) is 0 Å². The van der Waals surface area contributed by atoms with Gasteiger partial charge in [0, 0.05) is 11.5 Å². The first-order valence-electron chi connectivity index (χ1n) is 8.39. The first-order valence-corrected chi connectivity index (χ1v) is 8.39. The molecule has 0 aliphatic carbocycles. The number of ether oxygens (including phenoxy) is 1. The third-order valence-electron chi connectivity index (χ3n) is 3.56. The molecular formula is C19H27NaO4. The maximum absolute atomic E-state index is 10.3.